The van der Waals surface area contributed by atoms with Gasteiger partial charge in [0, 0.05) is 13.1 Å². The number of ether oxygens (including phenoxy) is 1. The third kappa shape index (κ3) is 1.84. The molecule has 0 aromatic heterocycles. The highest BCUT2D eigenvalue weighted by atomic mass is 16.5. The van der Waals surface area contributed by atoms with E-state index in [0.717, 1.165) is 19.0 Å². The predicted octanol–water partition coefficient (Wildman–Crippen LogP) is 1.21. The van der Waals surface area contributed by atoms with Crippen molar-refractivity contribution >= 4 is 5.97 Å². The van der Waals surface area contributed by atoms with Crippen LogP contribution >= 0.6 is 0 Å². The molecule has 0 spiro atoms. The number of carboxylic acid groups (broad SMARTS) is 1. The lowest BCUT2D eigenvalue weighted by Crippen LogP contribution is -2.58. The molecular weight excluding hydrogens is 206 g/mol. The Morgan fingerprint density at radius 1 is 1.56 bits per heavy atom. The van der Waals surface area contributed by atoms with Crippen molar-refractivity contribution in [2.45, 2.75) is 32.7 Å². The zero-order chi connectivity index (χ0) is 11.8. The van der Waals surface area contributed by atoms with Gasteiger partial charge in [-0.1, -0.05) is 13.3 Å². The van der Waals surface area contributed by atoms with Crippen LogP contribution in [0.4, 0.5) is 0 Å². The van der Waals surface area contributed by atoms with Gasteiger partial charge in [0.1, 0.15) is 5.41 Å². The minimum absolute atomic E-state index is 0.0677. The van der Waals surface area contributed by atoms with Crippen LogP contribution in [0.3, 0.4) is 0 Å². The van der Waals surface area contributed by atoms with E-state index in [4.69, 9.17) is 4.74 Å². The van der Waals surface area contributed by atoms with Crippen LogP contribution in [0.15, 0.2) is 0 Å². The Bertz CT molecular complexity index is 275. The molecule has 2 heterocycles. The van der Waals surface area contributed by atoms with Crippen molar-refractivity contribution in [1.82, 2.24) is 4.90 Å². The second-order valence-corrected chi connectivity index (χ2v) is 5.36. The first-order chi connectivity index (χ1) is 7.58. The van der Waals surface area contributed by atoms with Gasteiger partial charge in [-0.3, -0.25) is 9.69 Å². The van der Waals surface area contributed by atoms with E-state index in [1.54, 1.807) is 6.92 Å². The van der Waals surface area contributed by atoms with Crippen molar-refractivity contribution < 1.29 is 14.6 Å². The molecule has 16 heavy (non-hydrogen) atoms. The fourth-order valence-corrected chi connectivity index (χ4v) is 2.83. The lowest BCUT2D eigenvalue weighted by atomic mass is 9.81. The summed E-state index contributed by atoms with van der Waals surface area (Å²) in [7, 11) is 0. The van der Waals surface area contributed by atoms with Crippen molar-refractivity contribution in [2.24, 2.45) is 11.3 Å². The normalized spacial score (nSPS) is 36.2. The molecule has 4 heteroatoms. The Hall–Kier alpha value is -0.610. The summed E-state index contributed by atoms with van der Waals surface area (Å²) in [6.45, 7) is 7.02. The van der Waals surface area contributed by atoms with Gasteiger partial charge in [0.15, 0.2) is 0 Å². The summed E-state index contributed by atoms with van der Waals surface area (Å²) in [6, 6.07) is 0.0677. The Balaban J connectivity index is 1.93. The predicted molar refractivity (Wildman–Crippen MR) is 60.3 cm³/mol. The maximum absolute atomic E-state index is 11.3. The molecular formula is C12H21NO3. The molecule has 2 aliphatic rings. The third-order valence-electron chi connectivity index (χ3n) is 4.02. The molecule has 0 amide bonds. The minimum Gasteiger partial charge on any atom is -0.481 e. The number of aliphatic carboxylic acids is 1. The first-order valence-electron chi connectivity index (χ1n) is 6.13. The van der Waals surface area contributed by atoms with Gasteiger partial charge < -0.3 is 9.84 Å². The van der Waals surface area contributed by atoms with Gasteiger partial charge in [0.25, 0.3) is 0 Å². The molecule has 0 saturated carbocycles. The van der Waals surface area contributed by atoms with E-state index in [1.165, 1.54) is 12.8 Å². The highest BCUT2D eigenvalue weighted by Crippen LogP contribution is 2.36. The highest BCUT2D eigenvalue weighted by molar-refractivity contribution is 5.75. The van der Waals surface area contributed by atoms with Crippen LogP contribution in [0.2, 0.25) is 0 Å². The van der Waals surface area contributed by atoms with Crippen LogP contribution in [0.25, 0.3) is 0 Å². The maximum Gasteiger partial charge on any atom is 0.313 e. The van der Waals surface area contributed by atoms with Gasteiger partial charge in [-0.2, -0.15) is 0 Å². The smallest absolute Gasteiger partial charge is 0.313 e. The lowest BCUT2D eigenvalue weighted by molar-refractivity contribution is -0.152. The Labute approximate surface area is 96.6 Å². The zero-order valence-corrected chi connectivity index (χ0v) is 10.1. The van der Waals surface area contributed by atoms with Gasteiger partial charge in [-0.05, 0) is 19.3 Å². The SMILES string of the molecule is CCCC1CN(C2COCC2(C)C(=O)O)C1. The number of nitrogens with zero attached hydrogens (tertiary/aromatic N) is 1. The zero-order valence-electron chi connectivity index (χ0n) is 10.1. The topological polar surface area (TPSA) is 49.8 Å². The van der Waals surface area contributed by atoms with Crippen molar-refractivity contribution in [2.75, 3.05) is 26.3 Å². The summed E-state index contributed by atoms with van der Waals surface area (Å²) in [4.78, 5) is 13.6. The molecule has 0 aliphatic carbocycles. The van der Waals surface area contributed by atoms with Gasteiger partial charge in [0.2, 0.25) is 0 Å². The molecule has 2 aliphatic heterocycles. The Morgan fingerprint density at radius 2 is 2.25 bits per heavy atom. The standard InChI is InChI=1S/C12H21NO3/c1-3-4-9-5-13(6-9)10-7-16-8-12(10,2)11(14)15/h9-10H,3-8H2,1-2H3,(H,14,15). The molecule has 2 fully saturated rings. The number of likely N-dealkylation sites (tertiary alicyclic amines) is 1. The molecule has 2 unspecified atom stereocenters. The van der Waals surface area contributed by atoms with Crippen LogP contribution < -0.4 is 0 Å². The molecule has 0 aromatic carbocycles. The van der Waals surface area contributed by atoms with Crippen molar-refractivity contribution in [3.05, 3.63) is 0 Å². The number of hydrogen-bond acceptors (Lipinski definition) is 3. The maximum atomic E-state index is 11.3. The van der Waals surface area contributed by atoms with Gasteiger partial charge >= 0.3 is 5.97 Å². The van der Waals surface area contributed by atoms with E-state index < -0.39 is 11.4 Å². The summed E-state index contributed by atoms with van der Waals surface area (Å²) in [5.41, 5.74) is -0.711. The van der Waals surface area contributed by atoms with Gasteiger partial charge in [0.05, 0.1) is 19.3 Å². The second-order valence-electron chi connectivity index (χ2n) is 5.36. The summed E-state index contributed by atoms with van der Waals surface area (Å²) in [5, 5.41) is 9.27. The fraction of sp³-hybridized carbons (Fsp3) is 0.917. The second kappa shape index (κ2) is 4.34. The molecule has 0 radical (unpaired) electrons. The van der Waals surface area contributed by atoms with Crippen LogP contribution in [-0.2, 0) is 9.53 Å². The molecule has 1 N–H and O–H groups in total. The Kier molecular flexibility index (Phi) is 3.22. The van der Waals surface area contributed by atoms with E-state index in [9.17, 15) is 9.90 Å². The minimum atomic E-state index is -0.728. The van der Waals surface area contributed by atoms with E-state index in [0.29, 0.717) is 13.2 Å². The van der Waals surface area contributed by atoms with E-state index in [2.05, 4.69) is 11.8 Å². The quantitative estimate of drug-likeness (QED) is 0.784. The average Bonchev–Trinajstić information content (AvgIpc) is 2.55. The lowest BCUT2D eigenvalue weighted by Gasteiger charge is -2.46. The van der Waals surface area contributed by atoms with Gasteiger partial charge in [-0.25, -0.2) is 0 Å². The summed E-state index contributed by atoms with van der Waals surface area (Å²) < 4.78 is 5.36. The molecule has 92 valence electrons. The van der Waals surface area contributed by atoms with Crippen LogP contribution in [0.1, 0.15) is 26.7 Å². The number of hydrogen-bond donors (Lipinski definition) is 1. The third-order valence-corrected chi connectivity index (χ3v) is 4.02. The first kappa shape index (κ1) is 11.9. The molecule has 2 rings (SSSR count). The van der Waals surface area contributed by atoms with Crippen LogP contribution in [0.5, 0.6) is 0 Å². The number of carbonyl (C=O) groups is 1. The van der Waals surface area contributed by atoms with Crippen molar-refractivity contribution in [3.8, 4) is 0 Å². The van der Waals surface area contributed by atoms with Crippen molar-refractivity contribution in [3.63, 3.8) is 0 Å². The molecule has 4 nitrogen and oxygen atoms in total. The largest absolute Gasteiger partial charge is 0.481 e. The monoisotopic (exact) mass is 227 g/mol. The van der Waals surface area contributed by atoms with Crippen LogP contribution in [-0.4, -0.2) is 48.3 Å². The average molecular weight is 227 g/mol. The number of rotatable bonds is 4. The highest BCUT2D eigenvalue weighted by Gasteiger charge is 2.51. The number of carboxylic acids is 1. The molecule has 2 atom stereocenters. The van der Waals surface area contributed by atoms with Crippen LogP contribution in [0, 0.1) is 11.3 Å². The van der Waals surface area contributed by atoms with E-state index in [-0.39, 0.29) is 6.04 Å². The summed E-state index contributed by atoms with van der Waals surface area (Å²) >= 11 is 0. The Morgan fingerprint density at radius 3 is 2.81 bits per heavy atom. The summed E-state index contributed by atoms with van der Waals surface area (Å²) in [5.74, 6) is 0.0394. The van der Waals surface area contributed by atoms with E-state index >= 15 is 0 Å². The fourth-order valence-electron chi connectivity index (χ4n) is 2.83. The van der Waals surface area contributed by atoms with E-state index in [1.807, 2.05) is 0 Å². The summed E-state index contributed by atoms with van der Waals surface area (Å²) in [6.07, 6.45) is 2.48. The van der Waals surface area contributed by atoms with Gasteiger partial charge in [-0.15, -0.1) is 0 Å². The molecule has 2 saturated heterocycles. The molecule has 0 bridgehead atoms. The molecule has 0 aromatic rings. The first-order valence-corrected chi connectivity index (χ1v) is 6.13. The van der Waals surface area contributed by atoms with Crippen molar-refractivity contribution in [1.29, 1.82) is 0 Å².